The van der Waals surface area contributed by atoms with Crippen LogP contribution in [0.4, 0.5) is 18.9 Å². The molecule has 7 heteroatoms. The number of aryl methyl sites for hydroxylation is 1. The van der Waals surface area contributed by atoms with Crippen LogP contribution in [0.1, 0.15) is 67.2 Å². The molecule has 2 aromatic rings. The molecule has 1 amide bonds. The monoisotopic (exact) mass is 365 g/mol. The van der Waals surface area contributed by atoms with E-state index in [-0.39, 0.29) is 11.3 Å². The second-order valence-corrected chi connectivity index (χ2v) is 7.50. The number of nitrogens with zero attached hydrogens (tertiary/aromatic N) is 2. The molecule has 1 heterocycles. The number of benzene rings is 1. The van der Waals surface area contributed by atoms with Crippen molar-refractivity contribution >= 4 is 11.6 Å². The van der Waals surface area contributed by atoms with Gasteiger partial charge < -0.3 is 5.32 Å². The third-order valence-corrected chi connectivity index (χ3v) is 5.83. The zero-order chi connectivity index (χ0) is 19.4. The number of aromatic nitrogens is 2. The largest absolute Gasteiger partial charge is 0.322 e. The van der Waals surface area contributed by atoms with Crippen molar-refractivity contribution in [2.24, 2.45) is 13.0 Å². The highest BCUT2D eigenvalue weighted by atomic mass is 19.3. The van der Waals surface area contributed by atoms with Gasteiger partial charge in [0.05, 0.1) is 0 Å². The van der Waals surface area contributed by atoms with E-state index in [0.29, 0.717) is 16.3 Å². The Morgan fingerprint density at radius 2 is 1.96 bits per heavy atom. The zero-order valence-corrected chi connectivity index (χ0v) is 15.4. The molecule has 0 radical (unpaired) electrons. The smallest absolute Gasteiger partial charge is 0.283 e. The molecule has 1 aliphatic carbocycles. The molecule has 0 spiro atoms. The van der Waals surface area contributed by atoms with E-state index >= 15 is 0 Å². The summed E-state index contributed by atoms with van der Waals surface area (Å²) in [5.41, 5.74) is 0.969. The van der Waals surface area contributed by atoms with Gasteiger partial charge in [-0.2, -0.15) is 9.49 Å². The number of hydrogen-bond acceptors (Lipinski definition) is 2. The van der Waals surface area contributed by atoms with Gasteiger partial charge in [-0.1, -0.05) is 39.8 Å². The fraction of sp³-hybridized carbons (Fsp3) is 0.474. The molecule has 0 aliphatic heterocycles. The molecule has 1 N–H and O–H groups in total. The van der Waals surface area contributed by atoms with Crippen molar-refractivity contribution in [2.45, 2.75) is 45.5 Å². The Kier molecular flexibility index (Phi) is 4.37. The van der Waals surface area contributed by atoms with Crippen molar-refractivity contribution < 1.29 is 18.0 Å². The normalized spacial score (nSPS) is 21.1. The van der Waals surface area contributed by atoms with Crippen molar-refractivity contribution in [3.05, 3.63) is 46.5 Å². The molecule has 3 rings (SSSR count). The van der Waals surface area contributed by atoms with Gasteiger partial charge in [0.15, 0.2) is 0 Å². The number of amides is 1. The van der Waals surface area contributed by atoms with E-state index in [4.69, 9.17) is 0 Å². The minimum Gasteiger partial charge on any atom is -0.322 e. The van der Waals surface area contributed by atoms with E-state index in [2.05, 4.69) is 38.1 Å². The molecular formula is C19H22F3N3O. The zero-order valence-electron chi connectivity index (χ0n) is 15.4. The molecule has 2 atom stereocenters. The Labute approximate surface area is 150 Å². The van der Waals surface area contributed by atoms with Crippen LogP contribution in [0.5, 0.6) is 0 Å². The lowest BCUT2D eigenvalue weighted by Crippen LogP contribution is -2.22. The fourth-order valence-electron chi connectivity index (χ4n) is 3.92. The summed E-state index contributed by atoms with van der Waals surface area (Å²) in [5.74, 6) is -1.48. The van der Waals surface area contributed by atoms with Crippen molar-refractivity contribution in [3.63, 3.8) is 0 Å². The highest BCUT2D eigenvalue weighted by Gasteiger charge is 2.43. The third kappa shape index (κ3) is 2.61. The van der Waals surface area contributed by atoms with E-state index < -0.39 is 29.5 Å². The fourth-order valence-corrected chi connectivity index (χ4v) is 3.92. The maximum atomic E-state index is 14.2. The summed E-state index contributed by atoms with van der Waals surface area (Å²) >= 11 is 0. The van der Waals surface area contributed by atoms with Crippen LogP contribution in [-0.2, 0) is 12.5 Å². The minimum absolute atomic E-state index is 0.0802. The molecule has 0 unspecified atom stereocenters. The number of rotatable bonds is 3. The summed E-state index contributed by atoms with van der Waals surface area (Å²) < 4.78 is 41.1. The maximum absolute atomic E-state index is 14.2. The average molecular weight is 365 g/mol. The van der Waals surface area contributed by atoms with E-state index in [0.717, 1.165) is 11.1 Å². The van der Waals surface area contributed by atoms with Gasteiger partial charge in [-0.05, 0) is 34.4 Å². The van der Waals surface area contributed by atoms with E-state index in [1.807, 2.05) is 12.1 Å². The minimum atomic E-state index is -3.04. The second-order valence-electron chi connectivity index (χ2n) is 7.50. The lowest BCUT2D eigenvalue weighted by atomic mass is 9.78. The maximum Gasteiger partial charge on any atom is 0.283 e. The van der Waals surface area contributed by atoms with Gasteiger partial charge in [0.25, 0.3) is 12.3 Å². The lowest BCUT2D eigenvalue weighted by Gasteiger charge is -2.26. The quantitative estimate of drug-likeness (QED) is 0.851. The molecule has 1 aromatic carbocycles. The average Bonchev–Trinajstić information content (AvgIpc) is 2.96. The molecule has 26 heavy (non-hydrogen) atoms. The number of hydrogen-bond donors (Lipinski definition) is 1. The third-order valence-electron chi connectivity index (χ3n) is 5.83. The first-order valence-corrected chi connectivity index (χ1v) is 8.52. The van der Waals surface area contributed by atoms with Crippen molar-refractivity contribution in [3.8, 4) is 0 Å². The first-order chi connectivity index (χ1) is 12.1. The molecule has 0 saturated carbocycles. The van der Waals surface area contributed by atoms with Crippen molar-refractivity contribution in [1.82, 2.24) is 9.78 Å². The highest BCUT2D eigenvalue weighted by Crippen LogP contribution is 2.52. The van der Waals surface area contributed by atoms with Crippen LogP contribution in [0.2, 0.25) is 0 Å². The summed E-state index contributed by atoms with van der Waals surface area (Å²) in [4.78, 5) is 12.6. The van der Waals surface area contributed by atoms with Gasteiger partial charge >= 0.3 is 0 Å². The SMILES string of the molecule is C[C@@H]1[C@@H](C)c2c(NC(=O)c3c(C(F)F)nn(C)c3F)cccc2C1(C)C. The van der Waals surface area contributed by atoms with Crippen LogP contribution in [0.3, 0.4) is 0 Å². The predicted octanol–water partition coefficient (Wildman–Crippen LogP) is 4.78. The highest BCUT2D eigenvalue weighted by molar-refractivity contribution is 6.05. The summed E-state index contributed by atoms with van der Waals surface area (Å²) in [7, 11) is 1.19. The molecular weight excluding hydrogens is 343 g/mol. The molecule has 1 aliphatic rings. The van der Waals surface area contributed by atoms with Gasteiger partial charge in [0.1, 0.15) is 11.3 Å². The van der Waals surface area contributed by atoms with Crippen LogP contribution in [0.15, 0.2) is 18.2 Å². The van der Waals surface area contributed by atoms with Crippen LogP contribution in [0, 0.1) is 11.9 Å². The van der Waals surface area contributed by atoms with Gasteiger partial charge in [-0.3, -0.25) is 4.79 Å². The summed E-state index contributed by atoms with van der Waals surface area (Å²) in [5, 5.41) is 6.06. The molecule has 1 aromatic heterocycles. The van der Waals surface area contributed by atoms with Gasteiger partial charge in [-0.25, -0.2) is 13.5 Å². The number of halogens is 3. The van der Waals surface area contributed by atoms with Gasteiger partial charge in [0, 0.05) is 12.7 Å². The summed E-state index contributed by atoms with van der Waals surface area (Å²) in [6.07, 6.45) is -3.04. The molecule has 140 valence electrons. The van der Waals surface area contributed by atoms with Gasteiger partial charge in [0.2, 0.25) is 5.95 Å². The predicted molar refractivity (Wildman–Crippen MR) is 93.1 cm³/mol. The number of carbonyl (C=O) groups is 1. The van der Waals surface area contributed by atoms with Crippen LogP contribution in [-0.4, -0.2) is 15.7 Å². The van der Waals surface area contributed by atoms with Crippen LogP contribution >= 0.6 is 0 Å². The Balaban J connectivity index is 2.03. The Bertz CT molecular complexity index is 873. The molecule has 0 saturated heterocycles. The second kappa shape index (κ2) is 6.14. The summed E-state index contributed by atoms with van der Waals surface area (Å²) in [6, 6.07) is 5.55. The number of nitrogens with one attached hydrogen (secondary N) is 1. The number of alkyl halides is 2. The standard InChI is InChI=1S/C19H22F3N3O/c1-9-10(2)19(3,4)11-7-6-8-12(13(9)11)23-18(26)14-15(16(20)21)24-25(5)17(14)22/h6-10,16H,1-5H3,(H,23,26)/t9-,10-/m1/s1. The van der Waals surface area contributed by atoms with E-state index in [9.17, 15) is 18.0 Å². The number of carbonyl (C=O) groups excluding carboxylic acids is 1. The first kappa shape index (κ1) is 18.5. The molecule has 0 bridgehead atoms. The molecule has 4 nitrogen and oxygen atoms in total. The Morgan fingerprint density at radius 3 is 2.58 bits per heavy atom. The topological polar surface area (TPSA) is 46.9 Å². The lowest BCUT2D eigenvalue weighted by molar-refractivity contribution is 0.100. The first-order valence-electron chi connectivity index (χ1n) is 8.52. The van der Waals surface area contributed by atoms with Crippen molar-refractivity contribution in [1.29, 1.82) is 0 Å². The van der Waals surface area contributed by atoms with Gasteiger partial charge in [-0.15, -0.1) is 0 Å². The number of fused-ring (bicyclic) bond motifs is 1. The van der Waals surface area contributed by atoms with Crippen molar-refractivity contribution in [2.75, 3.05) is 5.32 Å². The Morgan fingerprint density at radius 1 is 1.31 bits per heavy atom. The Hall–Kier alpha value is -2.31. The van der Waals surface area contributed by atoms with E-state index in [1.165, 1.54) is 7.05 Å². The summed E-state index contributed by atoms with van der Waals surface area (Å²) in [6.45, 7) is 8.50. The molecule has 0 fully saturated rings. The van der Waals surface area contributed by atoms with Crippen LogP contribution in [0.25, 0.3) is 0 Å². The van der Waals surface area contributed by atoms with Crippen LogP contribution < -0.4 is 5.32 Å². The van der Waals surface area contributed by atoms with E-state index in [1.54, 1.807) is 6.07 Å². The number of anilines is 1.